The number of rotatable bonds is 11. The van der Waals surface area contributed by atoms with Crippen LogP contribution in [0.25, 0.3) is 11.0 Å². The number of aromatic nitrogens is 3. The summed E-state index contributed by atoms with van der Waals surface area (Å²) in [6.07, 6.45) is -2.04. The zero-order valence-corrected chi connectivity index (χ0v) is 33.9. The van der Waals surface area contributed by atoms with E-state index in [-0.39, 0.29) is 50.0 Å². The molecule has 4 heterocycles. The van der Waals surface area contributed by atoms with Crippen LogP contribution in [0.1, 0.15) is 46.0 Å². The molecule has 15 heteroatoms. The molecule has 0 radical (unpaired) electrons. The van der Waals surface area contributed by atoms with Gasteiger partial charge in [0.1, 0.15) is 54.5 Å². The number of esters is 1. The summed E-state index contributed by atoms with van der Waals surface area (Å²) in [7, 11) is 1.44. The van der Waals surface area contributed by atoms with Crippen molar-refractivity contribution in [1.29, 1.82) is 0 Å². The van der Waals surface area contributed by atoms with Crippen molar-refractivity contribution in [3.05, 3.63) is 155 Å². The standard InChI is InChI=1S/C48H41N5O10/c1-60-27-28-62-47(59)52-36-23-22-30(13-12-24-51-37-20-10-9-19-35(37)49-50-51)29-34(36)48(46(52)58)39(44(55)56)41-45(57)63-42(32-16-6-3-7-17-32)40(31-14-4-2-5-15-31)53(41)43(48)33-18-8-11-21-38(33)61-26-25-54/h2-11,14-23,29,39-43,54H,24-28H2,1H3,(H,55,56)/t39-,40-,41-,42+,43+,48-/m0/s1. The maximum absolute atomic E-state index is 16.0. The number of benzene rings is 5. The second-order valence-corrected chi connectivity index (χ2v) is 15.2. The molecular weight excluding hydrogens is 807 g/mol. The number of methoxy groups -OCH3 is 1. The molecule has 0 saturated carbocycles. The number of morpholine rings is 1. The van der Waals surface area contributed by atoms with E-state index in [4.69, 9.17) is 18.9 Å². The predicted octanol–water partition coefficient (Wildman–Crippen LogP) is 5.39. The molecule has 2 amide bonds. The summed E-state index contributed by atoms with van der Waals surface area (Å²) in [5, 5.41) is 30.0. The first kappa shape index (κ1) is 41.0. The number of nitrogens with zero attached hydrogens (tertiary/aromatic N) is 5. The van der Waals surface area contributed by atoms with E-state index in [1.54, 1.807) is 46.0 Å². The fraction of sp³-hybridized carbons (Fsp3) is 0.250. The number of amides is 2. The normalized spacial score (nSPS) is 22.6. The van der Waals surface area contributed by atoms with Crippen molar-refractivity contribution in [1.82, 2.24) is 19.9 Å². The number of ether oxygens (including phenoxy) is 4. The molecule has 63 heavy (non-hydrogen) atoms. The molecule has 0 unspecified atom stereocenters. The summed E-state index contributed by atoms with van der Waals surface area (Å²) >= 11 is 0. The van der Waals surface area contributed by atoms with Crippen LogP contribution < -0.4 is 9.64 Å². The lowest BCUT2D eigenvalue weighted by molar-refractivity contribution is -0.179. The van der Waals surface area contributed by atoms with Gasteiger partial charge in [-0.2, -0.15) is 0 Å². The van der Waals surface area contributed by atoms with Gasteiger partial charge in [0.25, 0.3) is 0 Å². The summed E-state index contributed by atoms with van der Waals surface area (Å²) in [6.45, 7) is -0.516. The minimum absolute atomic E-state index is 0.0264. The average Bonchev–Trinajstić information content (AvgIpc) is 3.95. The first-order valence-electron chi connectivity index (χ1n) is 20.3. The van der Waals surface area contributed by atoms with Crippen LogP contribution in [0, 0.1) is 17.8 Å². The number of hydrogen-bond acceptors (Lipinski definition) is 12. The number of cyclic esters (lactones) is 1. The monoisotopic (exact) mass is 847 g/mol. The van der Waals surface area contributed by atoms with Gasteiger partial charge in [-0.25, -0.2) is 14.4 Å². The maximum atomic E-state index is 16.0. The Kier molecular flexibility index (Phi) is 11.2. The quantitative estimate of drug-likeness (QED) is 0.0964. The molecule has 15 nitrogen and oxygen atoms in total. The van der Waals surface area contributed by atoms with Crippen LogP contribution in [0.15, 0.2) is 127 Å². The van der Waals surface area contributed by atoms with Crippen LogP contribution in [0.4, 0.5) is 10.5 Å². The first-order chi connectivity index (χ1) is 30.8. The van der Waals surface area contributed by atoms with E-state index in [9.17, 15) is 24.6 Å². The van der Waals surface area contributed by atoms with E-state index in [0.29, 0.717) is 27.8 Å². The highest BCUT2D eigenvalue weighted by atomic mass is 16.6. The highest BCUT2D eigenvalue weighted by Gasteiger charge is 2.76. The Bertz CT molecular complexity index is 2770. The first-order valence-corrected chi connectivity index (χ1v) is 20.3. The summed E-state index contributed by atoms with van der Waals surface area (Å²) in [6, 6.07) is 33.6. The largest absolute Gasteiger partial charge is 0.491 e. The number of carbonyl (C=O) groups is 4. The predicted molar refractivity (Wildman–Crippen MR) is 226 cm³/mol. The van der Waals surface area contributed by atoms with Crippen molar-refractivity contribution in [2.24, 2.45) is 5.92 Å². The van der Waals surface area contributed by atoms with E-state index in [1.165, 1.54) is 13.2 Å². The summed E-state index contributed by atoms with van der Waals surface area (Å²) < 4.78 is 24.8. The number of aliphatic hydroxyl groups is 1. The van der Waals surface area contributed by atoms with E-state index in [1.807, 2.05) is 84.9 Å². The van der Waals surface area contributed by atoms with E-state index < -0.39 is 59.5 Å². The Morgan fingerprint density at radius 2 is 1.56 bits per heavy atom. The molecule has 318 valence electrons. The summed E-state index contributed by atoms with van der Waals surface area (Å²) in [4.78, 5) is 62.0. The third kappa shape index (κ3) is 6.94. The van der Waals surface area contributed by atoms with Crippen molar-refractivity contribution in [2.45, 2.75) is 36.2 Å². The Labute approximate surface area is 361 Å². The lowest BCUT2D eigenvalue weighted by Gasteiger charge is -2.46. The number of carbonyl (C=O) groups excluding carboxylic acids is 3. The number of aliphatic carboxylic acids is 1. The third-order valence-electron chi connectivity index (χ3n) is 11.9. The molecule has 2 saturated heterocycles. The molecule has 5 aromatic carbocycles. The van der Waals surface area contributed by atoms with Gasteiger partial charge in [0.05, 0.1) is 36.5 Å². The molecule has 2 fully saturated rings. The number of anilines is 1. The number of carboxylic acids is 1. The van der Waals surface area contributed by atoms with Gasteiger partial charge in [-0.05, 0) is 53.1 Å². The van der Waals surface area contributed by atoms with Gasteiger partial charge >= 0.3 is 18.0 Å². The van der Waals surface area contributed by atoms with Crippen LogP contribution in [0.5, 0.6) is 5.75 Å². The molecule has 6 aromatic rings. The fourth-order valence-electron chi connectivity index (χ4n) is 9.44. The number of imide groups is 1. The average molecular weight is 848 g/mol. The molecule has 0 aliphatic carbocycles. The SMILES string of the molecule is COCCOC(=O)N1C(=O)[C@@]2(c3cc(C#CCn4nnc5ccccc54)ccc31)[C@H](C(=O)O)[C@H]1C(=O)O[C@H](c3ccccc3)[C@H](c3ccccc3)N1[C@@H]2c1ccccc1OCCO. The molecule has 1 aromatic heterocycles. The summed E-state index contributed by atoms with van der Waals surface area (Å²) in [5.41, 5.74) is 1.47. The van der Waals surface area contributed by atoms with Crippen LogP contribution in [0.2, 0.25) is 0 Å². The molecule has 0 bridgehead atoms. The molecule has 6 atom stereocenters. The molecule has 9 rings (SSSR count). The van der Waals surface area contributed by atoms with Gasteiger partial charge in [0, 0.05) is 18.2 Å². The van der Waals surface area contributed by atoms with E-state index >= 15 is 4.79 Å². The lowest BCUT2D eigenvalue weighted by atomic mass is 9.65. The van der Waals surface area contributed by atoms with Gasteiger partial charge in [0.2, 0.25) is 5.91 Å². The highest BCUT2D eigenvalue weighted by molar-refractivity contribution is 6.23. The second-order valence-electron chi connectivity index (χ2n) is 15.2. The number of para-hydroxylation sites is 2. The van der Waals surface area contributed by atoms with E-state index in [0.717, 1.165) is 10.4 Å². The van der Waals surface area contributed by atoms with Gasteiger partial charge in [-0.15, -0.1) is 5.10 Å². The topological polar surface area (TPSA) is 183 Å². The lowest BCUT2D eigenvalue weighted by Crippen LogP contribution is -2.53. The zero-order chi connectivity index (χ0) is 43.7. The number of carboxylic acid groups (broad SMARTS) is 1. The van der Waals surface area contributed by atoms with Crippen LogP contribution in [-0.4, -0.2) is 93.6 Å². The Morgan fingerprint density at radius 3 is 2.30 bits per heavy atom. The van der Waals surface area contributed by atoms with Gasteiger partial charge in [-0.3, -0.25) is 19.3 Å². The van der Waals surface area contributed by atoms with Crippen LogP contribution in [0.3, 0.4) is 0 Å². The zero-order valence-electron chi connectivity index (χ0n) is 33.9. The molecule has 1 spiro atoms. The van der Waals surface area contributed by atoms with Crippen LogP contribution >= 0.6 is 0 Å². The highest BCUT2D eigenvalue weighted by Crippen LogP contribution is 2.66. The molecule has 2 N–H and O–H groups in total. The molecular formula is C48H41N5O10. The van der Waals surface area contributed by atoms with Crippen molar-refractivity contribution >= 4 is 40.7 Å². The van der Waals surface area contributed by atoms with Crippen molar-refractivity contribution < 1.29 is 48.3 Å². The summed E-state index contributed by atoms with van der Waals surface area (Å²) in [5.74, 6) is 1.38. The number of hydrogen-bond donors (Lipinski definition) is 2. The fourth-order valence-corrected chi connectivity index (χ4v) is 9.44. The van der Waals surface area contributed by atoms with Crippen LogP contribution in [-0.2, 0) is 40.6 Å². The van der Waals surface area contributed by atoms with Crippen molar-refractivity contribution in [2.75, 3.05) is 38.4 Å². The Balaban J connectivity index is 1.31. The Hall–Kier alpha value is -7.38. The smallest absolute Gasteiger partial charge is 0.421 e. The molecule has 3 aliphatic heterocycles. The van der Waals surface area contributed by atoms with Crippen molar-refractivity contribution in [3.8, 4) is 17.6 Å². The minimum atomic E-state index is -2.23. The van der Waals surface area contributed by atoms with Crippen molar-refractivity contribution in [3.63, 3.8) is 0 Å². The minimum Gasteiger partial charge on any atom is -0.491 e. The Morgan fingerprint density at radius 1 is 0.841 bits per heavy atom. The maximum Gasteiger partial charge on any atom is 0.421 e. The van der Waals surface area contributed by atoms with Gasteiger partial charge in [0.15, 0.2) is 0 Å². The number of fused-ring (bicyclic) bond motifs is 4. The number of aliphatic hydroxyl groups excluding tert-OH is 1. The second kappa shape index (κ2) is 17.2. The van der Waals surface area contributed by atoms with E-state index in [2.05, 4.69) is 22.2 Å². The van der Waals surface area contributed by atoms with Gasteiger partial charge < -0.3 is 29.2 Å². The molecule has 3 aliphatic rings. The third-order valence-corrected chi connectivity index (χ3v) is 11.9. The van der Waals surface area contributed by atoms with Gasteiger partial charge in [-0.1, -0.05) is 108 Å².